The topological polar surface area (TPSA) is 87.7 Å². The van der Waals surface area contributed by atoms with Crippen molar-refractivity contribution in [1.29, 1.82) is 0 Å². The predicted octanol–water partition coefficient (Wildman–Crippen LogP) is 3.99. The minimum Gasteiger partial charge on any atom is -0.444 e. The van der Waals surface area contributed by atoms with Gasteiger partial charge in [-0.05, 0) is 49.9 Å². The van der Waals surface area contributed by atoms with E-state index in [1.54, 1.807) is 58.9 Å². The molecule has 3 amide bonds. The molecule has 7 heteroatoms. The quantitative estimate of drug-likeness (QED) is 0.435. The fourth-order valence-corrected chi connectivity index (χ4v) is 3.42. The number of alkyl carbamates (subject to hydrolysis) is 1. The third-order valence-corrected chi connectivity index (χ3v) is 5.19. The van der Waals surface area contributed by atoms with E-state index < -0.39 is 35.6 Å². The average molecular weight is 488 g/mol. The Hall–Kier alpha value is -4.23. The second-order valence-electron chi connectivity index (χ2n) is 9.58. The smallest absolute Gasteiger partial charge is 0.408 e. The van der Waals surface area contributed by atoms with Gasteiger partial charge in [-0.25, -0.2) is 4.79 Å². The van der Waals surface area contributed by atoms with Crippen LogP contribution in [0.4, 0.5) is 4.79 Å². The van der Waals surface area contributed by atoms with Crippen molar-refractivity contribution in [2.45, 2.75) is 58.8 Å². The SMILES string of the molecule is C#Cc1ccc(C(C(=O)NCc2ccccc2)N(C#C)C(=O)C(NC(=O)OC(C)(C)C)C(C)C)cc1. The molecule has 2 unspecified atom stereocenters. The normalized spacial score (nSPS) is 12.4. The van der Waals surface area contributed by atoms with Crippen LogP contribution in [0, 0.1) is 30.7 Å². The van der Waals surface area contributed by atoms with Crippen LogP contribution in [0.3, 0.4) is 0 Å². The fourth-order valence-electron chi connectivity index (χ4n) is 3.42. The number of hydrogen-bond donors (Lipinski definition) is 2. The first kappa shape index (κ1) is 28.0. The number of carbonyl (C=O) groups excluding carboxylic acids is 3. The molecule has 36 heavy (non-hydrogen) atoms. The molecule has 0 spiro atoms. The van der Waals surface area contributed by atoms with Crippen molar-refractivity contribution in [2.75, 3.05) is 0 Å². The van der Waals surface area contributed by atoms with Crippen LogP contribution in [0.5, 0.6) is 0 Å². The summed E-state index contributed by atoms with van der Waals surface area (Å²) in [5, 5.41) is 5.46. The number of benzene rings is 2. The van der Waals surface area contributed by atoms with Crippen LogP contribution in [0.1, 0.15) is 57.4 Å². The summed E-state index contributed by atoms with van der Waals surface area (Å²) in [6.45, 7) is 8.94. The largest absolute Gasteiger partial charge is 0.444 e. The molecule has 0 radical (unpaired) electrons. The van der Waals surface area contributed by atoms with E-state index in [-0.39, 0.29) is 12.5 Å². The van der Waals surface area contributed by atoms with Crippen molar-refractivity contribution >= 4 is 17.9 Å². The van der Waals surface area contributed by atoms with Gasteiger partial charge < -0.3 is 15.4 Å². The third kappa shape index (κ3) is 7.92. The van der Waals surface area contributed by atoms with E-state index >= 15 is 0 Å². The van der Waals surface area contributed by atoms with Gasteiger partial charge in [0.05, 0.1) is 0 Å². The van der Waals surface area contributed by atoms with Crippen LogP contribution < -0.4 is 10.6 Å². The van der Waals surface area contributed by atoms with Crippen LogP contribution in [-0.4, -0.2) is 34.5 Å². The first-order valence-electron chi connectivity index (χ1n) is 11.6. The molecule has 0 aromatic heterocycles. The summed E-state index contributed by atoms with van der Waals surface area (Å²) >= 11 is 0. The van der Waals surface area contributed by atoms with E-state index in [4.69, 9.17) is 17.6 Å². The first-order chi connectivity index (χ1) is 17.0. The molecule has 2 aromatic rings. The average Bonchev–Trinajstić information content (AvgIpc) is 2.83. The summed E-state index contributed by atoms with van der Waals surface area (Å²) in [5.74, 6) is 1.10. The Morgan fingerprint density at radius 2 is 1.61 bits per heavy atom. The predicted molar refractivity (Wildman–Crippen MR) is 139 cm³/mol. The summed E-state index contributed by atoms with van der Waals surface area (Å²) < 4.78 is 5.32. The number of terminal acetylenes is 2. The number of carbonyl (C=O) groups is 3. The molecule has 0 aliphatic rings. The van der Waals surface area contributed by atoms with Crippen LogP contribution in [-0.2, 0) is 20.9 Å². The van der Waals surface area contributed by atoms with Crippen LogP contribution in [0.2, 0.25) is 0 Å². The molecule has 2 rings (SSSR count). The molecule has 0 heterocycles. The van der Waals surface area contributed by atoms with E-state index in [1.807, 2.05) is 30.3 Å². The maximum Gasteiger partial charge on any atom is 0.408 e. The van der Waals surface area contributed by atoms with E-state index in [9.17, 15) is 14.4 Å². The zero-order valence-electron chi connectivity index (χ0n) is 21.4. The number of rotatable bonds is 8. The zero-order valence-corrected chi connectivity index (χ0v) is 21.4. The lowest BCUT2D eigenvalue weighted by molar-refractivity contribution is -0.139. The van der Waals surface area contributed by atoms with Gasteiger partial charge in [0.15, 0.2) is 0 Å². The van der Waals surface area contributed by atoms with Crippen molar-refractivity contribution < 1.29 is 19.1 Å². The van der Waals surface area contributed by atoms with E-state index in [1.165, 1.54) is 0 Å². The van der Waals surface area contributed by atoms with Crippen LogP contribution in [0.15, 0.2) is 54.6 Å². The van der Waals surface area contributed by atoms with Crippen molar-refractivity contribution in [2.24, 2.45) is 5.92 Å². The highest BCUT2D eigenvalue weighted by Gasteiger charge is 2.37. The second-order valence-corrected chi connectivity index (χ2v) is 9.58. The summed E-state index contributed by atoms with van der Waals surface area (Å²) in [6.07, 6.45) is 10.5. The van der Waals surface area contributed by atoms with Gasteiger partial charge in [-0.2, -0.15) is 0 Å². The number of amides is 3. The minimum absolute atomic E-state index is 0.245. The van der Waals surface area contributed by atoms with Gasteiger partial charge in [0, 0.05) is 18.2 Å². The Bertz CT molecular complexity index is 1140. The summed E-state index contributed by atoms with van der Waals surface area (Å²) in [4.78, 5) is 40.5. The van der Waals surface area contributed by atoms with E-state index in [0.717, 1.165) is 10.5 Å². The highest BCUT2D eigenvalue weighted by atomic mass is 16.6. The van der Waals surface area contributed by atoms with Gasteiger partial charge in [0.2, 0.25) is 5.91 Å². The van der Waals surface area contributed by atoms with Crippen LogP contribution >= 0.6 is 0 Å². The number of nitrogens with one attached hydrogen (secondary N) is 2. The molecular formula is C29H33N3O4. The Kier molecular flexibility index (Phi) is 9.70. The standard InChI is InChI=1S/C29H33N3O4/c1-8-21-15-17-23(18-16-21)25(26(33)30-19-22-13-11-10-12-14-22)32(9-2)27(34)24(20(3)4)31-28(35)36-29(5,6)7/h1-2,10-18,20,24-25H,19H2,3-7H3,(H,30,33)(H,31,35). The van der Waals surface area contributed by atoms with Gasteiger partial charge in [-0.15, -0.1) is 6.42 Å². The molecule has 0 aliphatic heterocycles. The van der Waals surface area contributed by atoms with Gasteiger partial charge in [0.25, 0.3) is 5.91 Å². The number of ether oxygens (including phenoxy) is 1. The fraction of sp³-hybridized carbons (Fsp3) is 0.345. The van der Waals surface area contributed by atoms with Crippen molar-refractivity contribution in [1.82, 2.24) is 15.5 Å². The summed E-state index contributed by atoms with van der Waals surface area (Å²) in [6, 6.07) is 16.2. The van der Waals surface area contributed by atoms with Crippen LogP contribution in [0.25, 0.3) is 0 Å². The Morgan fingerprint density at radius 3 is 2.11 bits per heavy atom. The first-order valence-corrected chi connectivity index (χ1v) is 11.6. The van der Waals surface area contributed by atoms with Crippen molar-refractivity contribution in [3.63, 3.8) is 0 Å². The van der Waals surface area contributed by atoms with Crippen molar-refractivity contribution in [3.05, 3.63) is 71.3 Å². The lowest BCUT2D eigenvalue weighted by atomic mass is 9.98. The zero-order chi connectivity index (χ0) is 26.9. The maximum atomic E-state index is 13.6. The Morgan fingerprint density at radius 1 is 1.00 bits per heavy atom. The Labute approximate surface area is 213 Å². The molecule has 7 nitrogen and oxygen atoms in total. The van der Waals surface area contributed by atoms with Gasteiger partial charge in [-0.1, -0.05) is 68.7 Å². The second kappa shape index (κ2) is 12.5. The highest BCUT2D eigenvalue weighted by Crippen LogP contribution is 2.24. The monoisotopic (exact) mass is 487 g/mol. The molecule has 0 fully saturated rings. The maximum absolute atomic E-state index is 13.6. The highest BCUT2D eigenvalue weighted by molar-refractivity contribution is 5.93. The summed E-state index contributed by atoms with van der Waals surface area (Å²) in [5.41, 5.74) is 1.23. The van der Waals surface area contributed by atoms with E-state index in [0.29, 0.717) is 11.1 Å². The molecule has 0 saturated carbocycles. The minimum atomic E-state index is -1.15. The lowest BCUT2D eigenvalue weighted by Crippen LogP contribution is -2.53. The van der Waals surface area contributed by atoms with Gasteiger partial charge in [-0.3, -0.25) is 14.5 Å². The van der Waals surface area contributed by atoms with Gasteiger partial charge in [0.1, 0.15) is 17.7 Å². The Balaban J connectivity index is 2.39. The van der Waals surface area contributed by atoms with Crippen molar-refractivity contribution in [3.8, 4) is 24.8 Å². The molecule has 2 atom stereocenters. The van der Waals surface area contributed by atoms with Gasteiger partial charge >= 0.3 is 6.09 Å². The lowest BCUT2D eigenvalue weighted by Gasteiger charge is -2.31. The number of nitrogens with zero attached hydrogens (tertiary/aromatic N) is 1. The molecule has 0 saturated heterocycles. The summed E-state index contributed by atoms with van der Waals surface area (Å²) in [7, 11) is 0. The molecule has 0 bridgehead atoms. The van der Waals surface area contributed by atoms with E-state index in [2.05, 4.69) is 22.6 Å². The third-order valence-electron chi connectivity index (χ3n) is 5.19. The molecule has 2 N–H and O–H groups in total. The molecule has 188 valence electrons. The number of hydrogen-bond acceptors (Lipinski definition) is 4. The molecular weight excluding hydrogens is 454 g/mol. The molecule has 2 aromatic carbocycles. The molecule has 0 aliphatic carbocycles.